The minimum atomic E-state index is -0.848. The van der Waals surface area contributed by atoms with Gasteiger partial charge in [-0.2, -0.15) is 0 Å². The van der Waals surface area contributed by atoms with E-state index in [9.17, 15) is 19.8 Å². The van der Waals surface area contributed by atoms with Crippen LogP contribution in [0.25, 0.3) is 0 Å². The van der Waals surface area contributed by atoms with Gasteiger partial charge < -0.3 is 20.3 Å². The van der Waals surface area contributed by atoms with Gasteiger partial charge in [-0.05, 0) is 32.1 Å². The number of nitrogens with one attached hydrogen (secondary N) is 1. The molecule has 1 amide bonds. The molecule has 0 saturated heterocycles. The van der Waals surface area contributed by atoms with Crippen molar-refractivity contribution in [2.24, 2.45) is 0 Å². The average molecular weight is 1100 g/mol. The van der Waals surface area contributed by atoms with Crippen LogP contribution in [-0.2, 0) is 14.3 Å². The highest BCUT2D eigenvalue weighted by Crippen LogP contribution is 2.19. The van der Waals surface area contributed by atoms with E-state index in [0.29, 0.717) is 19.4 Å². The molecule has 0 bridgehead atoms. The largest absolute Gasteiger partial charge is 0.466 e. The Morgan fingerprint density at radius 2 is 0.590 bits per heavy atom. The topological polar surface area (TPSA) is 95.9 Å². The third-order valence-electron chi connectivity index (χ3n) is 17.1. The lowest BCUT2D eigenvalue weighted by atomic mass is 10.0. The number of unbranched alkanes of at least 4 members (excludes halogenated alkanes) is 57. The van der Waals surface area contributed by atoms with E-state index < -0.39 is 12.1 Å². The van der Waals surface area contributed by atoms with Crippen LogP contribution in [0.5, 0.6) is 0 Å². The van der Waals surface area contributed by atoms with Gasteiger partial charge in [0.2, 0.25) is 5.91 Å². The van der Waals surface area contributed by atoms with Crippen molar-refractivity contribution >= 4 is 11.9 Å². The van der Waals surface area contributed by atoms with Crippen molar-refractivity contribution in [2.45, 2.75) is 424 Å². The predicted molar refractivity (Wildman–Crippen MR) is 343 cm³/mol. The van der Waals surface area contributed by atoms with Crippen molar-refractivity contribution in [3.05, 3.63) is 12.2 Å². The maximum atomic E-state index is 12.5. The minimum Gasteiger partial charge on any atom is -0.466 e. The molecular formula is C72H141NO5. The first kappa shape index (κ1) is 76.6. The molecule has 2 unspecified atom stereocenters. The summed E-state index contributed by atoms with van der Waals surface area (Å²) in [6.07, 6.45) is 84.3. The van der Waals surface area contributed by atoms with Crippen LogP contribution in [0.15, 0.2) is 12.2 Å². The fourth-order valence-corrected chi connectivity index (χ4v) is 11.6. The molecule has 0 aliphatic carbocycles. The van der Waals surface area contributed by atoms with Crippen LogP contribution in [0.2, 0.25) is 0 Å². The minimum absolute atomic E-state index is 0.0124. The zero-order valence-corrected chi connectivity index (χ0v) is 53.2. The van der Waals surface area contributed by atoms with Gasteiger partial charge in [0.05, 0.1) is 25.4 Å². The monoisotopic (exact) mass is 1100 g/mol. The molecule has 464 valence electrons. The highest BCUT2D eigenvalue weighted by molar-refractivity contribution is 5.76. The van der Waals surface area contributed by atoms with Crippen LogP contribution < -0.4 is 5.32 Å². The second-order valence-electron chi connectivity index (χ2n) is 24.9. The molecule has 3 N–H and O–H groups in total. The van der Waals surface area contributed by atoms with E-state index in [2.05, 4.69) is 19.2 Å². The van der Waals surface area contributed by atoms with Crippen molar-refractivity contribution in [1.29, 1.82) is 0 Å². The van der Waals surface area contributed by atoms with E-state index >= 15 is 0 Å². The Labute approximate surface area is 489 Å². The molecule has 2 atom stereocenters. The van der Waals surface area contributed by atoms with E-state index in [1.54, 1.807) is 6.08 Å². The van der Waals surface area contributed by atoms with Gasteiger partial charge in [-0.15, -0.1) is 0 Å². The van der Waals surface area contributed by atoms with Gasteiger partial charge in [-0.25, -0.2) is 0 Å². The van der Waals surface area contributed by atoms with Gasteiger partial charge in [-0.3, -0.25) is 9.59 Å². The summed E-state index contributed by atoms with van der Waals surface area (Å²) in [5.74, 6) is -0.0541. The number of carbonyl (C=O) groups excluding carboxylic acids is 2. The third-order valence-corrected chi connectivity index (χ3v) is 17.1. The van der Waals surface area contributed by atoms with E-state index in [4.69, 9.17) is 4.74 Å². The SMILES string of the molecule is CCCCCCCCCCCCCCCCCCCCCCCCC/C=C/C(O)C(CO)NC(=O)CCCCCCCCCCCCCCCCCCCCOC(=O)CCCCCCCCCCCCCCCCCCCC. The lowest BCUT2D eigenvalue weighted by Gasteiger charge is -2.20. The number of hydrogen-bond donors (Lipinski definition) is 3. The van der Waals surface area contributed by atoms with Gasteiger partial charge in [-0.1, -0.05) is 379 Å². The highest BCUT2D eigenvalue weighted by atomic mass is 16.5. The number of aliphatic hydroxyl groups is 2. The van der Waals surface area contributed by atoms with Crippen LogP contribution in [-0.4, -0.2) is 47.4 Å². The zero-order valence-electron chi connectivity index (χ0n) is 53.2. The third kappa shape index (κ3) is 63.8. The predicted octanol–water partition coefficient (Wildman–Crippen LogP) is 23.1. The first-order valence-electron chi connectivity index (χ1n) is 36.0. The molecule has 0 aromatic carbocycles. The van der Waals surface area contributed by atoms with Crippen LogP contribution >= 0.6 is 0 Å². The molecule has 6 heteroatoms. The summed E-state index contributed by atoms with van der Waals surface area (Å²) in [5, 5.41) is 23.3. The summed E-state index contributed by atoms with van der Waals surface area (Å²) in [6, 6.07) is -0.632. The number of ether oxygens (including phenoxy) is 1. The average Bonchev–Trinajstić information content (AvgIpc) is 3.44. The summed E-state index contributed by atoms with van der Waals surface area (Å²) in [4.78, 5) is 24.7. The molecule has 6 nitrogen and oxygen atoms in total. The van der Waals surface area contributed by atoms with Crippen molar-refractivity contribution < 1.29 is 24.5 Å². The molecule has 0 aliphatic heterocycles. The highest BCUT2D eigenvalue weighted by Gasteiger charge is 2.18. The van der Waals surface area contributed by atoms with Crippen LogP contribution in [0, 0.1) is 0 Å². The molecule has 0 saturated carbocycles. The van der Waals surface area contributed by atoms with Crippen molar-refractivity contribution in [1.82, 2.24) is 5.32 Å². The molecule has 0 radical (unpaired) electrons. The second kappa shape index (κ2) is 68.1. The molecule has 0 aliphatic rings. The Morgan fingerprint density at radius 1 is 0.346 bits per heavy atom. The summed E-state index contributed by atoms with van der Waals surface area (Å²) in [6.45, 7) is 4.95. The van der Waals surface area contributed by atoms with Crippen molar-refractivity contribution in [3.63, 3.8) is 0 Å². The molecule has 0 fully saturated rings. The molecule has 0 aromatic heterocycles. The summed E-state index contributed by atoms with van der Waals surface area (Å²) < 4.78 is 5.51. The summed E-state index contributed by atoms with van der Waals surface area (Å²) >= 11 is 0. The quantitative estimate of drug-likeness (QED) is 0.0320. The number of rotatable bonds is 68. The van der Waals surface area contributed by atoms with Gasteiger partial charge in [0.15, 0.2) is 0 Å². The normalized spacial score (nSPS) is 12.5. The second-order valence-corrected chi connectivity index (χ2v) is 24.9. The standard InChI is InChI=1S/C72H141NO5/c1-3-5-7-9-11-13-15-17-19-21-23-24-25-26-27-28-29-32-36-40-44-48-52-56-60-64-70(75)69(68-74)73-71(76)65-61-57-53-49-45-41-37-33-30-31-35-39-43-47-51-55-59-63-67-78-72(77)66-62-58-54-50-46-42-38-34-22-20-18-16-14-12-10-8-6-4-2/h60,64,69-70,74-75H,3-59,61-63,65-68H2,1-2H3,(H,73,76)/b64-60+. The van der Waals surface area contributed by atoms with Crippen LogP contribution in [0.4, 0.5) is 0 Å². The number of hydrogen-bond acceptors (Lipinski definition) is 5. The smallest absolute Gasteiger partial charge is 0.305 e. The van der Waals surface area contributed by atoms with E-state index in [-0.39, 0.29) is 18.5 Å². The lowest BCUT2D eigenvalue weighted by Crippen LogP contribution is -2.45. The van der Waals surface area contributed by atoms with Gasteiger partial charge in [0, 0.05) is 12.8 Å². The Balaban J connectivity index is 3.41. The Kier molecular flexibility index (Phi) is 66.9. The van der Waals surface area contributed by atoms with E-state index in [1.165, 1.54) is 347 Å². The molecule has 0 heterocycles. The molecular weight excluding hydrogens is 959 g/mol. The van der Waals surface area contributed by atoms with Gasteiger partial charge in [0.1, 0.15) is 0 Å². The van der Waals surface area contributed by atoms with Crippen molar-refractivity contribution in [3.8, 4) is 0 Å². The fraction of sp³-hybridized carbons (Fsp3) is 0.944. The van der Waals surface area contributed by atoms with E-state index in [1.807, 2.05) is 6.08 Å². The van der Waals surface area contributed by atoms with Crippen LogP contribution in [0.1, 0.15) is 412 Å². The number of esters is 1. The fourth-order valence-electron chi connectivity index (χ4n) is 11.6. The Morgan fingerprint density at radius 3 is 0.872 bits per heavy atom. The summed E-state index contributed by atoms with van der Waals surface area (Å²) in [7, 11) is 0. The maximum Gasteiger partial charge on any atom is 0.305 e. The molecule has 78 heavy (non-hydrogen) atoms. The first-order chi connectivity index (χ1) is 38.5. The van der Waals surface area contributed by atoms with Gasteiger partial charge in [0.25, 0.3) is 0 Å². The maximum absolute atomic E-state index is 12.5. The Bertz CT molecular complexity index is 1180. The lowest BCUT2D eigenvalue weighted by molar-refractivity contribution is -0.143. The number of allylic oxidation sites excluding steroid dienone is 1. The molecule has 0 rings (SSSR count). The molecule has 0 aromatic rings. The summed E-state index contributed by atoms with van der Waals surface area (Å²) in [5.41, 5.74) is 0. The van der Waals surface area contributed by atoms with E-state index in [0.717, 1.165) is 38.5 Å². The number of amides is 1. The number of carbonyl (C=O) groups is 2. The van der Waals surface area contributed by atoms with Crippen molar-refractivity contribution in [2.75, 3.05) is 13.2 Å². The van der Waals surface area contributed by atoms with Crippen LogP contribution in [0.3, 0.4) is 0 Å². The zero-order chi connectivity index (χ0) is 56.4. The first-order valence-corrected chi connectivity index (χ1v) is 36.0. The number of aliphatic hydroxyl groups excluding tert-OH is 2. The van der Waals surface area contributed by atoms with Gasteiger partial charge >= 0.3 is 5.97 Å². The Hall–Kier alpha value is -1.40. The molecule has 0 spiro atoms.